The molecule has 45 heavy (non-hydrogen) atoms. The number of hydrogen-bond donors (Lipinski definition) is 11. The van der Waals surface area contributed by atoms with Gasteiger partial charge in [-0.15, -0.1) is 0 Å². The molecule has 4 heterocycles. The van der Waals surface area contributed by atoms with Crippen LogP contribution in [0.4, 0.5) is 0 Å². The fourth-order valence-electron chi connectivity index (χ4n) is 5.54. The quantitative estimate of drug-likeness (QED) is 0.119. The summed E-state index contributed by atoms with van der Waals surface area (Å²) in [5.74, 6) is 0.124. The van der Waals surface area contributed by atoms with Crippen LogP contribution in [0.2, 0.25) is 5.02 Å². The molecule has 0 aliphatic carbocycles. The van der Waals surface area contributed by atoms with Gasteiger partial charge in [-0.3, -0.25) is 0 Å². The second kappa shape index (κ2) is 14.5. The molecule has 0 radical (unpaired) electrons. The Balaban J connectivity index is 1.37. The molecule has 3 saturated heterocycles. The fourth-order valence-corrected chi connectivity index (χ4v) is 6.12. The molecule has 11 N–H and O–H groups in total. The third-order valence-corrected chi connectivity index (χ3v) is 9.31. The van der Waals surface area contributed by atoms with Crippen LogP contribution in [-0.2, 0) is 23.7 Å². The summed E-state index contributed by atoms with van der Waals surface area (Å²) in [6, 6.07) is 3.41. The molecule has 1 aromatic carbocycles. The Kier molecular flexibility index (Phi) is 11.3. The first-order valence-corrected chi connectivity index (χ1v) is 15.1. The van der Waals surface area contributed by atoms with Crippen molar-refractivity contribution in [2.45, 2.75) is 92.1 Å². The van der Waals surface area contributed by atoms with Gasteiger partial charge in [-0.2, -0.15) is 0 Å². The zero-order valence-electron chi connectivity index (χ0n) is 23.2. The summed E-state index contributed by atoms with van der Waals surface area (Å²) in [6.45, 7) is -2.35. The van der Waals surface area contributed by atoms with Crippen molar-refractivity contribution in [3.8, 4) is 5.75 Å². The van der Waals surface area contributed by atoms with Crippen molar-refractivity contribution in [2.75, 3.05) is 19.8 Å². The molecule has 0 bridgehead atoms. The van der Waals surface area contributed by atoms with Crippen LogP contribution in [-0.4, -0.2) is 168 Å². The lowest BCUT2D eigenvalue weighted by molar-refractivity contribution is -0.376. The molecule has 15 atom stereocenters. The van der Waals surface area contributed by atoms with E-state index in [9.17, 15) is 51.1 Å². The Morgan fingerprint density at radius 1 is 0.689 bits per heavy atom. The first kappa shape index (κ1) is 35.0. The van der Waals surface area contributed by atoms with Gasteiger partial charge in [0.25, 0.3) is 0 Å². The van der Waals surface area contributed by atoms with Gasteiger partial charge in [0, 0.05) is 10.7 Å². The summed E-state index contributed by atoms with van der Waals surface area (Å²) in [6.07, 6.45) is -23.6. The number of hydrogen-bond acceptors (Lipinski definition) is 16. The smallest absolute Gasteiger partial charge is 0.198 e. The Labute approximate surface area is 268 Å². The molecular weight excluding hydrogens is 698 g/mol. The Morgan fingerprint density at radius 3 is 1.89 bits per heavy atom. The normalized spacial score (nSPS) is 42.6. The van der Waals surface area contributed by atoms with E-state index in [0.29, 0.717) is 15.4 Å². The van der Waals surface area contributed by atoms with Gasteiger partial charge in [0.05, 0.1) is 35.7 Å². The summed E-state index contributed by atoms with van der Waals surface area (Å²) in [4.78, 5) is 2.96. The van der Waals surface area contributed by atoms with Gasteiger partial charge < -0.3 is 84.5 Å². The molecular formula is C26H35BrClNO16. The van der Waals surface area contributed by atoms with E-state index in [4.69, 9.17) is 40.0 Å². The second-order valence-corrected chi connectivity index (χ2v) is 12.1. The highest BCUT2D eigenvalue weighted by atomic mass is 79.9. The Morgan fingerprint density at radius 2 is 1.24 bits per heavy atom. The SMILES string of the molecule is OC[C@H]1O[C@H](O[C@H]2[C@H](O)[C@@H](O)[C@@H](O[C@H]3[C@H](O)[C@@H](O)C(O)O[C@@H]3CO)O[C@@H]2CO)[C@H](Oc2c[nH]c3ccc(Br)c(Cl)c23)[C@@H](O)[C@@H]1O. The zero-order chi connectivity index (χ0) is 32.7. The fraction of sp³-hybridized carbons (Fsp3) is 0.692. The number of aliphatic hydroxyl groups is 10. The molecule has 0 saturated carbocycles. The topological polar surface area (TPSA) is 273 Å². The van der Waals surface area contributed by atoms with Crippen LogP contribution in [0.25, 0.3) is 10.9 Å². The van der Waals surface area contributed by atoms with Crippen molar-refractivity contribution >= 4 is 38.4 Å². The van der Waals surface area contributed by atoms with E-state index in [1.807, 2.05) is 0 Å². The Hall–Kier alpha value is -1.27. The molecule has 3 fully saturated rings. The Bertz CT molecular complexity index is 1290. The van der Waals surface area contributed by atoms with Crippen LogP contribution in [0.1, 0.15) is 0 Å². The highest BCUT2D eigenvalue weighted by molar-refractivity contribution is 9.10. The first-order valence-electron chi connectivity index (χ1n) is 13.9. The lowest BCUT2D eigenvalue weighted by Crippen LogP contribution is -2.67. The third-order valence-electron chi connectivity index (χ3n) is 8.03. The average Bonchev–Trinajstić information content (AvgIpc) is 3.44. The molecule has 0 spiro atoms. The molecule has 3 aliphatic heterocycles. The lowest BCUT2D eigenvalue weighted by atomic mass is 9.96. The molecule has 3 aliphatic rings. The third kappa shape index (κ3) is 6.72. The summed E-state index contributed by atoms with van der Waals surface area (Å²) >= 11 is 9.79. The van der Waals surface area contributed by atoms with E-state index >= 15 is 0 Å². The summed E-state index contributed by atoms with van der Waals surface area (Å²) < 4.78 is 34.4. The number of halogens is 2. The van der Waals surface area contributed by atoms with Crippen LogP contribution >= 0.6 is 27.5 Å². The number of rotatable bonds is 9. The second-order valence-electron chi connectivity index (χ2n) is 10.9. The zero-order valence-corrected chi connectivity index (χ0v) is 25.5. The highest BCUT2D eigenvalue weighted by Crippen LogP contribution is 2.39. The van der Waals surface area contributed by atoms with Gasteiger partial charge in [-0.1, -0.05) is 11.6 Å². The van der Waals surface area contributed by atoms with Gasteiger partial charge in [-0.25, -0.2) is 0 Å². The van der Waals surface area contributed by atoms with Crippen molar-refractivity contribution < 1.29 is 79.5 Å². The van der Waals surface area contributed by atoms with Crippen LogP contribution in [0.15, 0.2) is 22.8 Å². The molecule has 0 amide bonds. The van der Waals surface area contributed by atoms with E-state index in [0.717, 1.165) is 0 Å². The summed E-state index contributed by atoms with van der Waals surface area (Å²) in [5.41, 5.74) is 0.570. The van der Waals surface area contributed by atoms with Gasteiger partial charge in [-0.05, 0) is 28.1 Å². The predicted molar refractivity (Wildman–Crippen MR) is 151 cm³/mol. The first-order chi connectivity index (χ1) is 21.4. The number of aliphatic hydroxyl groups excluding tert-OH is 10. The minimum absolute atomic E-state index is 0.124. The standard InChI is InChI=1S/C26H35BrClNO16/c27-7-1-2-8-13(14(7)28)9(3-29-8)40-23-16(34)15(33)10(4-30)42-26(23)45-22-12(6-32)43-25(20(38)18(22)36)44-21-11(5-31)41-24(39)19(37)17(21)35/h1-3,10-12,15-26,29-39H,4-6H2/t10-,11-,12-,15-,16+,17-,18-,19-,20-,21-,22-,23-,24?,25-,26-/m1/s1. The van der Waals surface area contributed by atoms with Crippen molar-refractivity contribution in [3.05, 3.63) is 27.8 Å². The van der Waals surface area contributed by atoms with E-state index in [-0.39, 0.29) is 10.8 Å². The number of aromatic amines is 1. The van der Waals surface area contributed by atoms with E-state index in [1.54, 1.807) is 12.1 Å². The van der Waals surface area contributed by atoms with Gasteiger partial charge >= 0.3 is 0 Å². The van der Waals surface area contributed by atoms with Crippen molar-refractivity contribution in [3.63, 3.8) is 0 Å². The largest absolute Gasteiger partial charge is 0.480 e. The van der Waals surface area contributed by atoms with E-state index in [2.05, 4.69) is 20.9 Å². The average molecular weight is 733 g/mol. The molecule has 17 nitrogen and oxygen atoms in total. The minimum atomic E-state index is -1.94. The van der Waals surface area contributed by atoms with Crippen LogP contribution in [0.3, 0.4) is 0 Å². The summed E-state index contributed by atoms with van der Waals surface area (Å²) in [5, 5.41) is 104. The minimum Gasteiger partial charge on any atom is -0.480 e. The molecule has 1 unspecified atom stereocenters. The maximum Gasteiger partial charge on any atom is 0.198 e. The van der Waals surface area contributed by atoms with Gasteiger partial charge in [0.1, 0.15) is 72.9 Å². The van der Waals surface area contributed by atoms with Crippen molar-refractivity contribution in [2.24, 2.45) is 0 Å². The van der Waals surface area contributed by atoms with Crippen LogP contribution in [0.5, 0.6) is 5.75 Å². The predicted octanol–water partition coefficient (Wildman–Crippen LogP) is -3.59. The number of H-pyrrole nitrogens is 1. The lowest BCUT2D eigenvalue weighted by Gasteiger charge is -2.48. The molecule has 1 aromatic heterocycles. The maximum absolute atomic E-state index is 11.1. The highest BCUT2D eigenvalue weighted by Gasteiger charge is 2.54. The molecule has 2 aromatic rings. The molecule has 19 heteroatoms. The van der Waals surface area contributed by atoms with Gasteiger partial charge in [0.2, 0.25) is 0 Å². The number of aromatic nitrogens is 1. The number of ether oxygens (including phenoxy) is 6. The van der Waals surface area contributed by atoms with E-state index in [1.165, 1.54) is 6.20 Å². The number of nitrogens with one attached hydrogen (secondary N) is 1. The molecule has 5 rings (SSSR count). The molecule has 254 valence electrons. The number of benzene rings is 1. The monoisotopic (exact) mass is 731 g/mol. The number of fused-ring (bicyclic) bond motifs is 1. The van der Waals surface area contributed by atoms with Crippen molar-refractivity contribution in [1.29, 1.82) is 0 Å². The summed E-state index contributed by atoms with van der Waals surface area (Å²) in [7, 11) is 0. The van der Waals surface area contributed by atoms with Gasteiger partial charge in [0.15, 0.2) is 25.0 Å². The van der Waals surface area contributed by atoms with Crippen LogP contribution < -0.4 is 4.74 Å². The van der Waals surface area contributed by atoms with Crippen molar-refractivity contribution in [1.82, 2.24) is 4.98 Å². The maximum atomic E-state index is 11.1. The van der Waals surface area contributed by atoms with Crippen LogP contribution in [0, 0.1) is 0 Å². The van der Waals surface area contributed by atoms with E-state index < -0.39 is 112 Å².